The number of aromatic nitrogens is 3. The summed E-state index contributed by atoms with van der Waals surface area (Å²) in [5.41, 5.74) is 10.0. The van der Waals surface area contributed by atoms with E-state index in [1.807, 2.05) is 37.3 Å². The van der Waals surface area contributed by atoms with Gasteiger partial charge in [0.05, 0.1) is 24.2 Å². The minimum absolute atomic E-state index is 0.00103. The predicted molar refractivity (Wildman–Crippen MR) is 119 cm³/mol. The number of ether oxygens (including phenoxy) is 1. The van der Waals surface area contributed by atoms with E-state index in [0.717, 1.165) is 47.8 Å². The van der Waals surface area contributed by atoms with Crippen LogP contribution in [0.25, 0.3) is 22.2 Å². The summed E-state index contributed by atoms with van der Waals surface area (Å²) in [5.74, 6) is 1.27. The van der Waals surface area contributed by atoms with Gasteiger partial charge in [0.25, 0.3) is 0 Å². The molecular weight excluding hydrogens is 408 g/mol. The van der Waals surface area contributed by atoms with Crippen molar-refractivity contribution in [1.29, 1.82) is 0 Å². The monoisotopic (exact) mass is 434 g/mol. The van der Waals surface area contributed by atoms with Gasteiger partial charge in [0.1, 0.15) is 23.4 Å². The maximum absolute atomic E-state index is 11.9. The van der Waals surface area contributed by atoms with Crippen LogP contribution < -0.4 is 10.5 Å². The second-order valence-corrected chi connectivity index (χ2v) is 7.83. The van der Waals surface area contributed by atoms with Crippen LogP contribution in [0.15, 0.2) is 51.7 Å². The Morgan fingerprint density at radius 2 is 2.00 bits per heavy atom. The van der Waals surface area contributed by atoms with Gasteiger partial charge in [-0.1, -0.05) is 29.2 Å². The average Bonchev–Trinajstić information content (AvgIpc) is 3.50. The van der Waals surface area contributed by atoms with Crippen LogP contribution in [-0.4, -0.2) is 28.2 Å². The lowest BCUT2D eigenvalue weighted by atomic mass is 10.0. The van der Waals surface area contributed by atoms with Crippen molar-refractivity contribution < 1.29 is 18.6 Å². The van der Waals surface area contributed by atoms with Gasteiger partial charge in [-0.25, -0.2) is 0 Å². The first kappa shape index (κ1) is 21.7. The van der Waals surface area contributed by atoms with Crippen molar-refractivity contribution in [3.8, 4) is 17.1 Å². The predicted octanol–water partition coefficient (Wildman–Crippen LogP) is 5.03. The fourth-order valence-electron chi connectivity index (χ4n) is 3.66. The van der Waals surface area contributed by atoms with Crippen LogP contribution in [0.4, 0.5) is 0 Å². The first-order chi connectivity index (χ1) is 15.5. The number of ketones is 1. The highest BCUT2D eigenvalue weighted by Gasteiger charge is 2.17. The molecule has 0 aliphatic carbocycles. The molecule has 8 nitrogen and oxygen atoms in total. The molecule has 4 rings (SSSR count). The van der Waals surface area contributed by atoms with E-state index in [1.165, 1.54) is 6.26 Å². The summed E-state index contributed by atoms with van der Waals surface area (Å²) in [7, 11) is 1.62. The number of benzene rings is 1. The SMILES string of the molecule is COc1cc2nc(C)ccc2cc1-c1cc([C@@H](N)CCCCCC(=O)c2ccon2)no1. The quantitative estimate of drug-likeness (QED) is 0.273. The van der Waals surface area contributed by atoms with Gasteiger partial charge in [-0.05, 0) is 31.9 Å². The van der Waals surface area contributed by atoms with Gasteiger partial charge >= 0.3 is 0 Å². The highest BCUT2D eigenvalue weighted by molar-refractivity contribution is 5.93. The van der Waals surface area contributed by atoms with Gasteiger partial charge in [0, 0.05) is 35.7 Å². The largest absolute Gasteiger partial charge is 0.496 e. The third-order valence-corrected chi connectivity index (χ3v) is 5.47. The maximum atomic E-state index is 11.9. The van der Waals surface area contributed by atoms with Crippen LogP contribution in [0.2, 0.25) is 0 Å². The zero-order valence-corrected chi connectivity index (χ0v) is 18.2. The van der Waals surface area contributed by atoms with Crippen molar-refractivity contribution in [2.24, 2.45) is 5.73 Å². The fourth-order valence-corrected chi connectivity index (χ4v) is 3.66. The molecule has 0 fully saturated rings. The van der Waals surface area contributed by atoms with Crippen LogP contribution in [-0.2, 0) is 0 Å². The molecule has 166 valence electrons. The normalized spacial score (nSPS) is 12.2. The number of nitrogens with two attached hydrogens (primary N) is 1. The number of nitrogens with zero attached hydrogens (tertiary/aromatic N) is 3. The number of unbranched alkanes of at least 4 members (excludes halogenated alkanes) is 2. The van der Waals surface area contributed by atoms with Crippen molar-refractivity contribution in [3.63, 3.8) is 0 Å². The Hall–Kier alpha value is -3.52. The molecule has 0 unspecified atom stereocenters. The summed E-state index contributed by atoms with van der Waals surface area (Å²) in [5, 5.41) is 8.84. The topological polar surface area (TPSA) is 117 Å². The minimum Gasteiger partial charge on any atom is -0.496 e. The summed E-state index contributed by atoms with van der Waals surface area (Å²) in [6.45, 7) is 1.96. The Bertz CT molecular complexity index is 1200. The first-order valence-electron chi connectivity index (χ1n) is 10.7. The van der Waals surface area contributed by atoms with E-state index in [-0.39, 0.29) is 11.8 Å². The van der Waals surface area contributed by atoms with E-state index in [4.69, 9.17) is 19.5 Å². The zero-order valence-electron chi connectivity index (χ0n) is 18.2. The summed E-state index contributed by atoms with van der Waals surface area (Å²) < 4.78 is 15.9. The van der Waals surface area contributed by atoms with E-state index in [9.17, 15) is 4.79 Å². The van der Waals surface area contributed by atoms with Crippen molar-refractivity contribution in [1.82, 2.24) is 15.3 Å². The lowest BCUT2D eigenvalue weighted by Crippen LogP contribution is -2.10. The molecule has 1 atom stereocenters. The molecule has 8 heteroatoms. The smallest absolute Gasteiger partial charge is 0.184 e. The molecular formula is C24H26N4O4. The molecule has 1 aromatic carbocycles. The Balaban J connectivity index is 1.36. The molecule has 2 N–H and O–H groups in total. The molecule has 32 heavy (non-hydrogen) atoms. The lowest BCUT2D eigenvalue weighted by molar-refractivity contribution is 0.0970. The first-order valence-corrected chi connectivity index (χ1v) is 10.7. The fraction of sp³-hybridized carbons (Fsp3) is 0.333. The molecule has 0 spiro atoms. The number of carbonyl (C=O) groups excluding carboxylic acids is 1. The van der Waals surface area contributed by atoms with E-state index in [2.05, 4.69) is 15.3 Å². The van der Waals surface area contributed by atoms with E-state index >= 15 is 0 Å². The standard InChI is InChI=1S/C24H26N4O4/c1-15-8-9-16-12-17(23(30-2)13-20(16)26-15)24-14-21(28-32-24)18(25)6-4-3-5-7-22(29)19-10-11-31-27-19/h8-14,18H,3-7,25H2,1-2H3/t18-/m0/s1. The molecule has 0 radical (unpaired) electrons. The molecule has 3 aromatic heterocycles. The summed E-state index contributed by atoms with van der Waals surface area (Å²) in [6, 6.07) is 11.1. The summed E-state index contributed by atoms with van der Waals surface area (Å²) >= 11 is 0. The number of aryl methyl sites for hydroxylation is 1. The van der Waals surface area contributed by atoms with Crippen LogP contribution >= 0.6 is 0 Å². The van der Waals surface area contributed by atoms with E-state index < -0.39 is 0 Å². The Labute approximate surface area is 185 Å². The molecule has 0 saturated heterocycles. The average molecular weight is 434 g/mol. The van der Waals surface area contributed by atoms with Crippen LogP contribution in [0.5, 0.6) is 5.75 Å². The Morgan fingerprint density at radius 3 is 2.78 bits per heavy atom. The lowest BCUT2D eigenvalue weighted by Gasteiger charge is -2.08. The van der Waals surface area contributed by atoms with Gasteiger partial charge in [-0.3, -0.25) is 9.78 Å². The highest BCUT2D eigenvalue weighted by atomic mass is 16.5. The summed E-state index contributed by atoms with van der Waals surface area (Å²) in [4.78, 5) is 16.5. The molecule has 0 aliphatic heterocycles. The van der Waals surface area contributed by atoms with Crippen LogP contribution in [0.3, 0.4) is 0 Å². The molecule has 3 heterocycles. The second kappa shape index (κ2) is 9.74. The number of carbonyl (C=O) groups is 1. The Kier molecular flexibility index (Phi) is 6.61. The number of rotatable bonds is 10. The van der Waals surface area contributed by atoms with Gasteiger partial charge in [-0.2, -0.15) is 0 Å². The molecule has 0 aliphatic rings. The van der Waals surface area contributed by atoms with Gasteiger partial charge in [0.2, 0.25) is 0 Å². The number of Topliss-reactive ketones (excluding diaryl/α,β-unsaturated/α-hetero) is 1. The number of fused-ring (bicyclic) bond motifs is 1. The number of hydrogen-bond acceptors (Lipinski definition) is 8. The molecule has 0 amide bonds. The van der Waals surface area contributed by atoms with Crippen molar-refractivity contribution in [3.05, 3.63) is 59.7 Å². The van der Waals surface area contributed by atoms with Crippen LogP contribution in [0.1, 0.15) is 60.0 Å². The number of hydrogen-bond donors (Lipinski definition) is 1. The van der Waals surface area contributed by atoms with Gasteiger partial charge in [0.15, 0.2) is 11.5 Å². The highest BCUT2D eigenvalue weighted by Crippen LogP contribution is 2.35. The molecule has 0 saturated carbocycles. The molecule has 4 aromatic rings. The Morgan fingerprint density at radius 1 is 1.12 bits per heavy atom. The third kappa shape index (κ3) is 4.86. The maximum Gasteiger partial charge on any atom is 0.184 e. The van der Waals surface area contributed by atoms with Crippen molar-refractivity contribution >= 4 is 16.7 Å². The van der Waals surface area contributed by atoms with Gasteiger partial charge < -0.3 is 19.5 Å². The summed E-state index contributed by atoms with van der Waals surface area (Å²) in [6.07, 6.45) is 5.18. The molecule has 0 bridgehead atoms. The van der Waals surface area contributed by atoms with Crippen molar-refractivity contribution in [2.45, 2.75) is 45.1 Å². The van der Waals surface area contributed by atoms with Gasteiger partial charge in [-0.15, -0.1) is 0 Å². The minimum atomic E-state index is -0.241. The number of methoxy groups -OCH3 is 1. The zero-order chi connectivity index (χ0) is 22.5. The van der Waals surface area contributed by atoms with E-state index in [0.29, 0.717) is 29.3 Å². The van der Waals surface area contributed by atoms with E-state index in [1.54, 1.807) is 13.2 Å². The third-order valence-electron chi connectivity index (χ3n) is 5.47. The second-order valence-electron chi connectivity index (χ2n) is 7.83. The van der Waals surface area contributed by atoms with Crippen LogP contribution in [0, 0.1) is 6.92 Å². The number of pyridine rings is 1. The van der Waals surface area contributed by atoms with Crippen molar-refractivity contribution in [2.75, 3.05) is 7.11 Å².